The second kappa shape index (κ2) is 5.12. The lowest BCUT2D eigenvalue weighted by Gasteiger charge is -2.54. The maximum atomic E-state index is 12.0. The summed E-state index contributed by atoms with van der Waals surface area (Å²) in [5.41, 5.74) is 2.62. The smallest absolute Gasteiger partial charge is 0.331 e. The number of hydrogen-bond acceptors (Lipinski definition) is 3. The maximum Gasteiger partial charge on any atom is 0.331 e. The van der Waals surface area contributed by atoms with E-state index >= 15 is 0 Å². The Morgan fingerprint density at radius 1 is 1.20 bits per heavy atom. The van der Waals surface area contributed by atoms with Crippen molar-refractivity contribution >= 4 is 5.97 Å². The molecule has 0 saturated heterocycles. The first-order valence-corrected chi connectivity index (χ1v) is 9.74. The van der Waals surface area contributed by atoms with Crippen LogP contribution in [0.25, 0.3) is 0 Å². The summed E-state index contributed by atoms with van der Waals surface area (Å²) < 4.78 is 6.01. The second-order valence-corrected chi connectivity index (χ2v) is 8.82. The molecule has 0 amide bonds. The topological polar surface area (TPSA) is 46.5 Å². The number of esters is 1. The Morgan fingerprint density at radius 3 is 2.92 bits per heavy atom. The summed E-state index contributed by atoms with van der Waals surface area (Å²) in [5, 5.41) is 9.81. The van der Waals surface area contributed by atoms with Gasteiger partial charge in [0.1, 0.15) is 11.4 Å². The van der Waals surface area contributed by atoms with Gasteiger partial charge in [-0.2, -0.15) is 0 Å². The van der Waals surface area contributed by atoms with E-state index < -0.39 is 0 Å². The van der Waals surface area contributed by atoms with Crippen LogP contribution in [0.5, 0.6) is 5.75 Å². The fourth-order valence-electron chi connectivity index (χ4n) is 6.78. The van der Waals surface area contributed by atoms with Crippen LogP contribution in [0.1, 0.15) is 62.5 Å². The van der Waals surface area contributed by atoms with E-state index in [9.17, 15) is 9.90 Å². The normalized spacial score (nSPS) is 41.8. The van der Waals surface area contributed by atoms with Crippen molar-refractivity contribution in [2.24, 2.45) is 17.3 Å². The summed E-state index contributed by atoms with van der Waals surface area (Å²) in [6, 6.07) is 5.96. The number of hydrogen-bond donors (Lipinski definition) is 1. The molecular formula is C22H26O3. The van der Waals surface area contributed by atoms with Crippen LogP contribution in [0, 0.1) is 17.3 Å². The van der Waals surface area contributed by atoms with Crippen molar-refractivity contribution in [2.45, 2.75) is 63.4 Å². The number of ether oxygens (including phenoxy) is 1. The first-order chi connectivity index (χ1) is 12.0. The van der Waals surface area contributed by atoms with Gasteiger partial charge in [0.25, 0.3) is 0 Å². The molecule has 2 fully saturated rings. The SMILES string of the molecule is C[C@]12CC[C@@H]3c4ccc(O)cc4CC[C@H]3[C@@H]1CC[C@@]21CC=CC(=O)O1. The highest BCUT2D eigenvalue weighted by molar-refractivity contribution is 5.83. The van der Waals surface area contributed by atoms with E-state index in [1.54, 1.807) is 6.08 Å². The Labute approximate surface area is 149 Å². The molecule has 0 unspecified atom stereocenters. The number of rotatable bonds is 0. The average molecular weight is 338 g/mol. The number of benzene rings is 1. The van der Waals surface area contributed by atoms with Gasteiger partial charge in [0, 0.05) is 17.9 Å². The molecule has 3 nitrogen and oxygen atoms in total. The highest BCUT2D eigenvalue weighted by Crippen LogP contribution is 2.66. The molecule has 1 aromatic rings. The van der Waals surface area contributed by atoms with E-state index in [-0.39, 0.29) is 17.0 Å². The van der Waals surface area contributed by atoms with Gasteiger partial charge in [0.15, 0.2) is 0 Å². The monoisotopic (exact) mass is 338 g/mol. The number of carbonyl (C=O) groups excluding carboxylic acids is 1. The summed E-state index contributed by atoms with van der Waals surface area (Å²) in [7, 11) is 0. The van der Waals surface area contributed by atoms with Crippen molar-refractivity contribution in [2.75, 3.05) is 0 Å². The van der Waals surface area contributed by atoms with Crippen LogP contribution in [-0.4, -0.2) is 16.7 Å². The van der Waals surface area contributed by atoms with Gasteiger partial charge in [0.2, 0.25) is 0 Å². The molecule has 1 spiro atoms. The van der Waals surface area contributed by atoms with Gasteiger partial charge >= 0.3 is 5.97 Å². The Kier molecular flexibility index (Phi) is 3.17. The minimum atomic E-state index is -0.274. The summed E-state index contributed by atoms with van der Waals surface area (Å²) in [4.78, 5) is 12.0. The third-order valence-electron chi connectivity index (χ3n) is 8.00. The van der Waals surface area contributed by atoms with Crippen LogP contribution in [0.3, 0.4) is 0 Å². The number of carbonyl (C=O) groups is 1. The Balaban J connectivity index is 1.51. The van der Waals surface area contributed by atoms with Crippen molar-refractivity contribution in [3.63, 3.8) is 0 Å². The molecule has 3 heteroatoms. The van der Waals surface area contributed by atoms with Gasteiger partial charge in [-0.15, -0.1) is 0 Å². The molecule has 0 aromatic heterocycles. The number of phenolic OH excluding ortho intramolecular Hbond substituents is 1. The molecule has 25 heavy (non-hydrogen) atoms. The Hall–Kier alpha value is -1.77. The molecule has 132 valence electrons. The fraction of sp³-hybridized carbons (Fsp3) is 0.591. The average Bonchev–Trinajstić information content (AvgIpc) is 2.86. The highest BCUT2D eigenvalue weighted by Gasteiger charge is 2.63. The minimum Gasteiger partial charge on any atom is -0.508 e. The molecule has 1 heterocycles. The summed E-state index contributed by atoms with van der Waals surface area (Å²) >= 11 is 0. The summed E-state index contributed by atoms with van der Waals surface area (Å²) in [6.07, 6.45) is 11.2. The van der Waals surface area contributed by atoms with Crippen LogP contribution in [-0.2, 0) is 16.0 Å². The van der Waals surface area contributed by atoms with Crippen molar-refractivity contribution in [3.05, 3.63) is 41.5 Å². The van der Waals surface area contributed by atoms with Gasteiger partial charge in [-0.25, -0.2) is 4.79 Å². The van der Waals surface area contributed by atoms with Gasteiger partial charge in [-0.05, 0) is 79.5 Å². The Morgan fingerprint density at radius 2 is 2.08 bits per heavy atom. The third kappa shape index (κ3) is 2.01. The van der Waals surface area contributed by atoms with E-state index in [1.807, 2.05) is 18.2 Å². The zero-order valence-electron chi connectivity index (χ0n) is 14.8. The maximum absolute atomic E-state index is 12.0. The second-order valence-electron chi connectivity index (χ2n) is 8.82. The minimum absolute atomic E-state index is 0.100. The zero-order valence-corrected chi connectivity index (χ0v) is 14.8. The molecule has 5 rings (SSSR count). The Bertz CT molecular complexity index is 767. The molecule has 0 bridgehead atoms. The van der Waals surface area contributed by atoms with E-state index in [1.165, 1.54) is 30.4 Å². The van der Waals surface area contributed by atoms with Crippen LogP contribution in [0.15, 0.2) is 30.4 Å². The fourth-order valence-corrected chi connectivity index (χ4v) is 6.78. The van der Waals surface area contributed by atoms with Crippen LogP contribution >= 0.6 is 0 Å². The van der Waals surface area contributed by atoms with Crippen LogP contribution in [0.2, 0.25) is 0 Å². The molecular weight excluding hydrogens is 312 g/mol. The van der Waals surface area contributed by atoms with Crippen molar-refractivity contribution in [1.29, 1.82) is 0 Å². The molecule has 1 aliphatic heterocycles. The number of fused-ring (bicyclic) bond motifs is 6. The van der Waals surface area contributed by atoms with Crippen LogP contribution in [0.4, 0.5) is 0 Å². The summed E-state index contributed by atoms with van der Waals surface area (Å²) in [5.74, 6) is 2.15. The van der Waals surface area contributed by atoms with Gasteiger partial charge < -0.3 is 9.84 Å². The van der Waals surface area contributed by atoms with E-state index in [4.69, 9.17) is 4.74 Å². The van der Waals surface area contributed by atoms with Crippen molar-refractivity contribution in [3.8, 4) is 5.75 Å². The van der Waals surface area contributed by atoms with Gasteiger partial charge in [0.05, 0.1) is 0 Å². The van der Waals surface area contributed by atoms with Crippen molar-refractivity contribution in [1.82, 2.24) is 0 Å². The molecule has 5 atom stereocenters. The molecule has 1 N–H and O–H groups in total. The highest BCUT2D eigenvalue weighted by atomic mass is 16.6. The van der Waals surface area contributed by atoms with E-state index in [0.717, 1.165) is 25.7 Å². The number of aromatic hydroxyl groups is 1. The number of phenols is 1. The predicted octanol–water partition coefficient (Wildman–Crippen LogP) is 4.49. The standard InChI is InChI=1S/C22H26O3/c1-21-11-8-17-16-7-5-15(23)13-14(16)4-6-18(17)19(21)9-12-22(21)10-2-3-20(24)25-22/h2-3,5,7,13,17-19,23H,4,6,8-12H2,1H3/t17-,18-,19+,21+,22+/m1/s1. The molecule has 0 radical (unpaired) electrons. The van der Waals surface area contributed by atoms with Crippen LogP contribution < -0.4 is 0 Å². The lowest BCUT2D eigenvalue weighted by molar-refractivity contribution is -0.176. The van der Waals surface area contributed by atoms with E-state index in [0.29, 0.717) is 23.5 Å². The first-order valence-electron chi connectivity index (χ1n) is 9.74. The zero-order chi connectivity index (χ0) is 17.2. The molecule has 4 aliphatic rings. The summed E-state index contributed by atoms with van der Waals surface area (Å²) in [6.45, 7) is 2.39. The van der Waals surface area contributed by atoms with Gasteiger partial charge in [-0.3, -0.25) is 0 Å². The molecule has 3 aliphatic carbocycles. The van der Waals surface area contributed by atoms with Crippen molar-refractivity contribution < 1.29 is 14.6 Å². The quantitative estimate of drug-likeness (QED) is 0.709. The predicted molar refractivity (Wildman–Crippen MR) is 95.3 cm³/mol. The lowest BCUT2D eigenvalue weighted by Crippen LogP contribution is -2.53. The van der Waals surface area contributed by atoms with E-state index in [2.05, 4.69) is 13.0 Å². The molecule has 1 aromatic carbocycles. The molecule has 2 saturated carbocycles. The lowest BCUT2D eigenvalue weighted by atomic mass is 9.53. The third-order valence-corrected chi connectivity index (χ3v) is 8.00. The number of aryl methyl sites for hydroxylation is 1. The largest absolute Gasteiger partial charge is 0.508 e. The van der Waals surface area contributed by atoms with Gasteiger partial charge in [-0.1, -0.05) is 19.1 Å². The first kappa shape index (κ1) is 15.5.